The number of fused-ring (bicyclic) bond motifs is 1. The van der Waals surface area contributed by atoms with Gasteiger partial charge in [-0.15, -0.1) is 5.10 Å². The summed E-state index contributed by atoms with van der Waals surface area (Å²) in [4.78, 5) is 26.7. The van der Waals surface area contributed by atoms with Crippen molar-refractivity contribution in [1.82, 2.24) is 29.6 Å². The summed E-state index contributed by atoms with van der Waals surface area (Å²) < 4.78 is 42.0. The lowest BCUT2D eigenvalue weighted by molar-refractivity contribution is -0.126. The SMILES string of the molecule is CC#CC(=O)N1CCC(Nc2cc3c(Nc4ccc(Oc5ccn(-c6cnc(C)c(F)c6)n5)cc4F)ncnc3cc2OC)CC1. The van der Waals surface area contributed by atoms with Crippen molar-refractivity contribution in [2.45, 2.75) is 32.7 Å². The summed E-state index contributed by atoms with van der Waals surface area (Å²) >= 11 is 0. The van der Waals surface area contributed by atoms with Gasteiger partial charge in [0, 0.05) is 55.0 Å². The number of ether oxygens (including phenoxy) is 2. The molecule has 0 saturated carbocycles. The third-order valence-electron chi connectivity index (χ3n) is 7.59. The first-order valence-corrected chi connectivity index (χ1v) is 14.5. The number of likely N-dealkylation sites (tertiary alicyclic amines) is 1. The number of benzene rings is 2. The quantitative estimate of drug-likeness (QED) is 0.208. The highest BCUT2D eigenvalue weighted by Gasteiger charge is 2.23. The van der Waals surface area contributed by atoms with Crippen LogP contribution in [0.4, 0.5) is 26.0 Å². The Kier molecular flexibility index (Phi) is 8.60. The number of aromatic nitrogens is 5. The van der Waals surface area contributed by atoms with Crippen molar-refractivity contribution in [3.8, 4) is 34.9 Å². The summed E-state index contributed by atoms with van der Waals surface area (Å²) in [5.74, 6) is 5.50. The van der Waals surface area contributed by atoms with E-state index in [0.29, 0.717) is 41.2 Å². The summed E-state index contributed by atoms with van der Waals surface area (Å²) in [6.45, 7) is 4.42. The summed E-state index contributed by atoms with van der Waals surface area (Å²) in [6.07, 6.45) is 5.98. The number of aryl methyl sites for hydroxylation is 1. The predicted octanol–water partition coefficient (Wildman–Crippen LogP) is 5.77. The highest BCUT2D eigenvalue weighted by molar-refractivity contribution is 5.95. The highest BCUT2D eigenvalue weighted by Crippen LogP contribution is 2.35. The van der Waals surface area contributed by atoms with Crippen molar-refractivity contribution >= 4 is 34.0 Å². The Morgan fingerprint density at radius 1 is 1.02 bits per heavy atom. The van der Waals surface area contributed by atoms with Gasteiger partial charge in [-0.25, -0.2) is 23.4 Å². The maximum Gasteiger partial charge on any atom is 0.298 e. The van der Waals surface area contributed by atoms with Crippen LogP contribution in [0.2, 0.25) is 0 Å². The number of hydrogen-bond acceptors (Lipinski definition) is 9. The number of amides is 1. The molecule has 0 atom stereocenters. The number of hydrogen-bond donors (Lipinski definition) is 2. The first-order valence-electron chi connectivity index (χ1n) is 14.5. The van der Waals surface area contributed by atoms with Gasteiger partial charge in [-0.1, -0.05) is 5.92 Å². The average Bonchev–Trinajstić information content (AvgIpc) is 3.52. The van der Waals surface area contributed by atoms with Crippen LogP contribution in [0.15, 0.2) is 61.2 Å². The fraction of sp³-hybridized carbons (Fsp3) is 0.242. The van der Waals surface area contributed by atoms with E-state index in [-0.39, 0.29) is 35.0 Å². The van der Waals surface area contributed by atoms with Gasteiger partial charge in [0.15, 0.2) is 0 Å². The number of carbonyl (C=O) groups excluding carboxylic acids is 1. The number of rotatable bonds is 8. The van der Waals surface area contributed by atoms with Crippen molar-refractivity contribution in [2.24, 2.45) is 0 Å². The van der Waals surface area contributed by atoms with E-state index in [9.17, 15) is 9.18 Å². The van der Waals surface area contributed by atoms with Gasteiger partial charge >= 0.3 is 0 Å². The van der Waals surface area contributed by atoms with E-state index < -0.39 is 11.6 Å². The smallest absolute Gasteiger partial charge is 0.298 e. The van der Waals surface area contributed by atoms with Crippen LogP contribution in [0, 0.1) is 30.4 Å². The van der Waals surface area contributed by atoms with Crippen LogP contribution < -0.4 is 20.1 Å². The molecule has 2 N–H and O–H groups in total. The van der Waals surface area contributed by atoms with Gasteiger partial charge < -0.3 is 25.0 Å². The molecule has 11 nitrogen and oxygen atoms in total. The lowest BCUT2D eigenvalue weighted by Gasteiger charge is -2.32. The molecule has 0 spiro atoms. The lowest BCUT2D eigenvalue weighted by atomic mass is 10.0. The molecule has 6 rings (SSSR count). The van der Waals surface area contributed by atoms with Gasteiger partial charge in [0.2, 0.25) is 5.88 Å². The van der Waals surface area contributed by atoms with Crippen molar-refractivity contribution in [3.05, 3.63) is 78.5 Å². The standard InChI is InChI=1S/C33H30F2N8O3/c1-4-5-32(44)42-11-8-21(9-12-42)39-29-16-24-28(17-30(29)45-3)37-19-38-33(24)40-27-7-6-23(15-26(27)35)46-31-10-13-43(41-31)22-14-25(34)20(2)36-18-22/h6-7,10,13-19,21,39H,8-9,11-12H2,1-3H3,(H,37,38,40). The van der Waals surface area contributed by atoms with E-state index in [4.69, 9.17) is 9.47 Å². The number of nitrogens with zero attached hydrogens (tertiary/aromatic N) is 6. The van der Waals surface area contributed by atoms with E-state index in [0.717, 1.165) is 18.5 Å². The van der Waals surface area contributed by atoms with Gasteiger partial charge in [0.25, 0.3) is 5.91 Å². The minimum atomic E-state index is -0.575. The zero-order chi connectivity index (χ0) is 32.2. The number of nitrogens with one attached hydrogen (secondary N) is 2. The number of anilines is 3. The zero-order valence-corrected chi connectivity index (χ0v) is 25.3. The zero-order valence-electron chi connectivity index (χ0n) is 25.3. The molecule has 0 bridgehead atoms. The number of halogens is 2. The van der Waals surface area contributed by atoms with Gasteiger partial charge in [-0.2, -0.15) is 0 Å². The number of piperidine rings is 1. The maximum absolute atomic E-state index is 15.3. The van der Waals surface area contributed by atoms with E-state index in [2.05, 4.69) is 42.5 Å². The Labute approximate surface area is 263 Å². The molecule has 1 aliphatic rings. The molecule has 1 saturated heterocycles. The Morgan fingerprint density at radius 2 is 1.85 bits per heavy atom. The molecule has 1 amide bonds. The summed E-state index contributed by atoms with van der Waals surface area (Å²) in [6, 6.07) is 11.1. The third-order valence-corrected chi connectivity index (χ3v) is 7.59. The first-order chi connectivity index (χ1) is 22.3. The Bertz CT molecular complexity index is 1980. The molecule has 0 radical (unpaired) electrons. The Morgan fingerprint density at radius 3 is 2.59 bits per heavy atom. The minimum absolute atomic E-state index is 0.108. The number of methoxy groups -OCH3 is 1. The summed E-state index contributed by atoms with van der Waals surface area (Å²) in [7, 11) is 1.58. The van der Waals surface area contributed by atoms with Crippen LogP contribution >= 0.6 is 0 Å². The molecular weight excluding hydrogens is 594 g/mol. The van der Waals surface area contributed by atoms with Gasteiger partial charge in [-0.05, 0) is 50.8 Å². The summed E-state index contributed by atoms with van der Waals surface area (Å²) in [5, 5.41) is 11.5. The molecule has 234 valence electrons. The van der Waals surface area contributed by atoms with Gasteiger partial charge in [-0.3, -0.25) is 9.78 Å². The molecule has 0 aliphatic carbocycles. The summed E-state index contributed by atoms with van der Waals surface area (Å²) in [5.41, 5.74) is 2.23. The molecule has 13 heteroatoms. The van der Waals surface area contributed by atoms with Crippen molar-refractivity contribution < 1.29 is 23.0 Å². The molecule has 3 aromatic heterocycles. The lowest BCUT2D eigenvalue weighted by Crippen LogP contribution is -2.41. The molecular formula is C33H30F2N8O3. The first kappa shape index (κ1) is 30.3. The van der Waals surface area contributed by atoms with Crippen LogP contribution in [0.1, 0.15) is 25.5 Å². The Balaban J connectivity index is 1.17. The molecule has 5 aromatic rings. The molecule has 1 fully saturated rings. The van der Waals surface area contributed by atoms with E-state index >= 15 is 4.39 Å². The maximum atomic E-state index is 15.3. The van der Waals surface area contributed by atoms with Crippen LogP contribution in [-0.4, -0.2) is 61.8 Å². The Hall–Kier alpha value is -5.77. The second kappa shape index (κ2) is 13.1. The normalized spacial score (nSPS) is 13.2. The van der Waals surface area contributed by atoms with E-state index in [1.54, 1.807) is 50.3 Å². The van der Waals surface area contributed by atoms with Crippen molar-refractivity contribution in [3.63, 3.8) is 0 Å². The minimum Gasteiger partial charge on any atom is -0.495 e. The molecule has 0 unspecified atom stereocenters. The predicted molar refractivity (Wildman–Crippen MR) is 169 cm³/mol. The largest absolute Gasteiger partial charge is 0.495 e. The molecule has 2 aromatic carbocycles. The highest BCUT2D eigenvalue weighted by atomic mass is 19.1. The van der Waals surface area contributed by atoms with Crippen LogP contribution in [-0.2, 0) is 4.79 Å². The third kappa shape index (κ3) is 6.51. The fourth-order valence-corrected chi connectivity index (χ4v) is 5.13. The van der Waals surface area contributed by atoms with Crippen LogP contribution in [0.5, 0.6) is 17.4 Å². The van der Waals surface area contributed by atoms with Gasteiger partial charge in [0.1, 0.15) is 35.3 Å². The molecule has 46 heavy (non-hydrogen) atoms. The van der Waals surface area contributed by atoms with Gasteiger partial charge in [0.05, 0.1) is 41.6 Å². The van der Waals surface area contributed by atoms with E-state index in [1.807, 2.05) is 6.07 Å². The second-order valence-corrected chi connectivity index (χ2v) is 10.6. The average molecular weight is 625 g/mol. The molecule has 4 heterocycles. The van der Waals surface area contributed by atoms with Crippen molar-refractivity contribution in [1.29, 1.82) is 0 Å². The number of carbonyl (C=O) groups is 1. The van der Waals surface area contributed by atoms with Crippen LogP contribution in [0.3, 0.4) is 0 Å². The number of pyridine rings is 1. The van der Waals surface area contributed by atoms with Crippen LogP contribution in [0.25, 0.3) is 16.6 Å². The molecule has 1 aliphatic heterocycles. The topological polar surface area (TPSA) is 119 Å². The van der Waals surface area contributed by atoms with Crippen molar-refractivity contribution in [2.75, 3.05) is 30.8 Å². The monoisotopic (exact) mass is 624 g/mol. The second-order valence-electron chi connectivity index (χ2n) is 10.6. The van der Waals surface area contributed by atoms with E-state index in [1.165, 1.54) is 35.4 Å². The fourth-order valence-electron chi connectivity index (χ4n) is 5.13.